The second kappa shape index (κ2) is 4.71. The molecule has 0 aliphatic carbocycles. The van der Waals surface area contributed by atoms with Gasteiger partial charge in [-0.25, -0.2) is 0 Å². The Hall–Kier alpha value is -2.66. The summed E-state index contributed by atoms with van der Waals surface area (Å²) in [5.74, 6) is 0.580. The van der Waals surface area contributed by atoms with Crippen molar-refractivity contribution in [1.29, 1.82) is 0 Å². The van der Waals surface area contributed by atoms with Crippen LogP contribution in [0.25, 0.3) is 32.5 Å². The standard InChI is InChI=1S/C16H10N2O2S/c19-18-12-7-15(20-14-4-2-1-3-11(12)14)13-8-16-10(9-17-13)5-6-21-16/h1-9,19H/b18-12+. The highest BCUT2D eigenvalue weighted by atomic mass is 32.1. The molecule has 4 aromatic rings. The molecule has 0 radical (unpaired) electrons. The zero-order chi connectivity index (χ0) is 14.2. The molecule has 0 aliphatic heterocycles. The van der Waals surface area contributed by atoms with Crippen LogP contribution in [0, 0.1) is 0 Å². The lowest BCUT2D eigenvalue weighted by Gasteiger charge is -2.03. The third-order valence-electron chi connectivity index (χ3n) is 3.35. The molecule has 0 saturated heterocycles. The smallest absolute Gasteiger partial charge is 0.155 e. The monoisotopic (exact) mass is 294 g/mol. The number of benzene rings is 1. The number of aromatic nitrogens is 1. The molecule has 3 heterocycles. The second-order valence-corrected chi connectivity index (χ2v) is 5.57. The summed E-state index contributed by atoms with van der Waals surface area (Å²) in [5.41, 5.74) is 1.39. The van der Waals surface area contributed by atoms with Crippen molar-refractivity contribution in [2.24, 2.45) is 5.16 Å². The number of rotatable bonds is 1. The Balaban J connectivity index is 2.01. The first-order chi connectivity index (χ1) is 10.3. The van der Waals surface area contributed by atoms with E-state index in [0.717, 1.165) is 21.2 Å². The van der Waals surface area contributed by atoms with E-state index in [2.05, 4.69) is 10.1 Å². The maximum atomic E-state index is 9.21. The van der Waals surface area contributed by atoms with Crippen LogP contribution in [0.3, 0.4) is 0 Å². The Morgan fingerprint density at radius 1 is 1.14 bits per heavy atom. The fraction of sp³-hybridized carbons (Fsp3) is 0. The molecule has 0 bridgehead atoms. The van der Waals surface area contributed by atoms with Gasteiger partial charge in [-0.05, 0) is 29.6 Å². The molecule has 4 rings (SSSR count). The minimum atomic E-state index is 0.472. The molecule has 1 N–H and O–H groups in total. The number of hydrogen-bond acceptors (Lipinski definition) is 5. The van der Waals surface area contributed by atoms with Gasteiger partial charge in [-0.15, -0.1) is 11.3 Å². The number of hydrogen-bond donors (Lipinski definition) is 1. The number of pyridine rings is 1. The third-order valence-corrected chi connectivity index (χ3v) is 4.23. The topological polar surface area (TPSA) is 58.6 Å². The van der Waals surface area contributed by atoms with Crippen LogP contribution in [0.1, 0.15) is 0 Å². The molecule has 0 spiro atoms. The molecule has 0 fully saturated rings. The highest BCUT2D eigenvalue weighted by Gasteiger charge is 2.08. The van der Waals surface area contributed by atoms with Gasteiger partial charge in [0.1, 0.15) is 16.6 Å². The zero-order valence-corrected chi connectivity index (χ0v) is 11.7. The summed E-state index contributed by atoms with van der Waals surface area (Å²) < 4.78 is 7.03. The quantitative estimate of drug-likeness (QED) is 0.426. The summed E-state index contributed by atoms with van der Waals surface area (Å²) in [6.07, 6.45) is 1.82. The summed E-state index contributed by atoms with van der Waals surface area (Å²) in [4.78, 5) is 4.42. The van der Waals surface area contributed by atoms with Gasteiger partial charge < -0.3 is 9.62 Å². The number of nitrogens with zero attached hydrogens (tertiary/aromatic N) is 2. The van der Waals surface area contributed by atoms with Crippen molar-refractivity contribution in [1.82, 2.24) is 4.98 Å². The van der Waals surface area contributed by atoms with E-state index in [4.69, 9.17) is 4.42 Å². The van der Waals surface area contributed by atoms with Gasteiger partial charge >= 0.3 is 0 Å². The second-order valence-electron chi connectivity index (χ2n) is 4.62. The maximum absolute atomic E-state index is 9.21. The molecule has 102 valence electrons. The van der Waals surface area contributed by atoms with Crippen molar-refractivity contribution in [3.8, 4) is 11.5 Å². The SMILES string of the molecule is O/N=c1\cc(-c2cc3sccc3cn2)oc2ccccc12. The summed E-state index contributed by atoms with van der Waals surface area (Å²) in [5, 5.41) is 16.9. The first-order valence-electron chi connectivity index (χ1n) is 6.40. The van der Waals surface area contributed by atoms with Crippen molar-refractivity contribution in [2.75, 3.05) is 0 Å². The van der Waals surface area contributed by atoms with Crippen molar-refractivity contribution in [3.63, 3.8) is 0 Å². The van der Waals surface area contributed by atoms with E-state index in [1.807, 2.05) is 48.0 Å². The Labute approximate surface area is 123 Å². The Bertz CT molecular complexity index is 1020. The maximum Gasteiger partial charge on any atom is 0.155 e. The molecule has 0 saturated carbocycles. The fourth-order valence-electron chi connectivity index (χ4n) is 2.32. The van der Waals surface area contributed by atoms with Gasteiger partial charge in [-0.1, -0.05) is 17.3 Å². The largest absolute Gasteiger partial charge is 0.454 e. The van der Waals surface area contributed by atoms with E-state index in [9.17, 15) is 5.21 Å². The van der Waals surface area contributed by atoms with Crippen LogP contribution >= 0.6 is 11.3 Å². The molecule has 0 amide bonds. The van der Waals surface area contributed by atoms with E-state index in [-0.39, 0.29) is 0 Å². The minimum absolute atomic E-state index is 0.472. The molecular formula is C16H10N2O2S. The normalized spacial score (nSPS) is 12.3. The zero-order valence-electron chi connectivity index (χ0n) is 10.9. The van der Waals surface area contributed by atoms with Crippen molar-refractivity contribution < 1.29 is 9.62 Å². The Morgan fingerprint density at radius 2 is 2.05 bits per heavy atom. The summed E-state index contributed by atoms with van der Waals surface area (Å²) in [7, 11) is 0. The van der Waals surface area contributed by atoms with Gasteiger partial charge in [0.05, 0.1) is 0 Å². The van der Waals surface area contributed by atoms with Gasteiger partial charge in [-0.3, -0.25) is 4.98 Å². The predicted molar refractivity (Wildman–Crippen MR) is 82.2 cm³/mol. The van der Waals surface area contributed by atoms with Gasteiger partial charge in [0.2, 0.25) is 0 Å². The molecule has 0 atom stereocenters. The summed E-state index contributed by atoms with van der Waals surface area (Å²) >= 11 is 1.66. The van der Waals surface area contributed by atoms with Crippen LogP contribution in [-0.4, -0.2) is 10.2 Å². The average Bonchev–Trinajstić information content (AvgIpc) is 3.01. The van der Waals surface area contributed by atoms with Crippen LogP contribution in [0.4, 0.5) is 0 Å². The van der Waals surface area contributed by atoms with Crippen LogP contribution in [0.2, 0.25) is 0 Å². The van der Waals surface area contributed by atoms with Crippen molar-refractivity contribution in [3.05, 3.63) is 59.4 Å². The summed E-state index contributed by atoms with van der Waals surface area (Å²) in [6, 6.07) is 13.2. The van der Waals surface area contributed by atoms with Gasteiger partial charge in [0, 0.05) is 27.7 Å². The molecule has 5 heteroatoms. The van der Waals surface area contributed by atoms with E-state index in [0.29, 0.717) is 16.7 Å². The highest BCUT2D eigenvalue weighted by molar-refractivity contribution is 7.17. The molecule has 3 aromatic heterocycles. The number of thiophene rings is 1. The Morgan fingerprint density at radius 3 is 2.95 bits per heavy atom. The summed E-state index contributed by atoms with van der Waals surface area (Å²) in [6.45, 7) is 0. The molecule has 0 unspecified atom stereocenters. The van der Waals surface area contributed by atoms with E-state index >= 15 is 0 Å². The first kappa shape index (κ1) is 12.1. The van der Waals surface area contributed by atoms with Crippen molar-refractivity contribution in [2.45, 2.75) is 0 Å². The number of fused-ring (bicyclic) bond motifs is 2. The van der Waals surface area contributed by atoms with Crippen LogP contribution in [0.15, 0.2) is 63.6 Å². The lowest BCUT2D eigenvalue weighted by molar-refractivity contribution is 0.302. The third kappa shape index (κ3) is 1.98. The van der Waals surface area contributed by atoms with E-state index < -0.39 is 0 Å². The average molecular weight is 294 g/mol. The van der Waals surface area contributed by atoms with Crippen LogP contribution in [0.5, 0.6) is 0 Å². The molecule has 4 nitrogen and oxygen atoms in total. The molecular weight excluding hydrogens is 284 g/mol. The van der Waals surface area contributed by atoms with Gasteiger partial charge in [0.25, 0.3) is 0 Å². The van der Waals surface area contributed by atoms with Crippen LogP contribution < -0.4 is 5.36 Å². The van der Waals surface area contributed by atoms with Crippen molar-refractivity contribution >= 4 is 32.4 Å². The van der Waals surface area contributed by atoms with Gasteiger partial charge in [0.15, 0.2) is 5.76 Å². The Kier molecular flexibility index (Phi) is 2.72. The highest BCUT2D eigenvalue weighted by Crippen LogP contribution is 2.26. The lowest BCUT2D eigenvalue weighted by atomic mass is 10.2. The number of para-hydroxylation sites is 1. The fourth-order valence-corrected chi connectivity index (χ4v) is 3.11. The van der Waals surface area contributed by atoms with E-state index in [1.165, 1.54) is 0 Å². The molecule has 0 aliphatic rings. The predicted octanol–water partition coefficient (Wildman–Crippen LogP) is 4.00. The lowest BCUT2D eigenvalue weighted by Crippen LogP contribution is -2.03. The minimum Gasteiger partial charge on any atom is -0.454 e. The van der Waals surface area contributed by atoms with Crippen LogP contribution in [-0.2, 0) is 0 Å². The molecule has 21 heavy (non-hydrogen) atoms. The van der Waals surface area contributed by atoms with Gasteiger partial charge in [-0.2, -0.15) is 0 Å². The molecule has 1 aromatic carbocycles. The first-order valence-corrected chi connectivity index (χ1v) is 7.28. The van der Waals surface area contributed by atoms with E-state index in [1.54, 1.807) is 17.4 Å².